The van der Waals surface area contributed by atoms with Gasteiger partial charge in [-0.1, -0.05) is 39.0 Å². The Kier molecular flexibility index (Phi) is 9.45. The van der Waals surface area contributed by atoms with Crippen molar-refractivity contribution in [3.05, 3.63) is 17.7 Å². The molecule has 1 atom stereocenters. The van der Waals surface area contributed by atoms with Gasteiger partial charge in [0.1, 0.15) is 5.54 Å². The van der Waals surface area contributed by atoms with Gasteiger partial charge >= 0.3 is 6.03 Å². The van der Waals surface area contributed by atoms with Crippen LogP contribution >= 0.6 is 0 Å². The van der Waals surface area contributed by atoms with Crippen molar-refractivity contribution < 1.29 is 28.6 Å². The fourth-order valence-corrected chi connectivity index (χ4v) is 5.19. The molecule has 0 radical (unpaired) electrons. The second-order valence-electron chi connectivity index (χ2n) is 9.91. The summed E-state index contributed by atoms with van der Waals surface area (Å²) in [7, 11) is 4.62. The third-order valence-corrected chi connectivity index (χ3v) is 7.50. The van der Waals surface area contributed by atoms with E-state index in [1.807, 2.05) is 12.1 Å². The molecule has 0 spiro atoms. The van der Waals surface area contributed by atoms with Crippen molar-refractivity contribution in [2.45, 2.75) is 82.6 Å². The molecule has 1 aromatic carbocycles. The average molecular weight is 504 g/mol. The quantitative estimate of drug-likeness (QED) is 0.414. The number of methoxy groups -OCH3 is 3. The minimum Gasteiger partial charge on any atom is -0.493 e. The maximum absolute atomic E-state index is 14.2. The maximum Gasteiger partial charge on any atom is 0.324 e. The van der Waals surface area contributed by atoms with Crippen LogP contribution in [0.5, 0.6) is 17.2 Å². The SMILES string of the molecule is CCCCCN(C(=O)NC1(C(N)=O)CC1)C(=O)C(c1cc(OC)c(OC)c(OC)c1)C1CCCCC1. The molecule has 3 rings (SSSR count). The lowest BCUT2D eigenvalue weighted by Gasteiger charge is -2.34. The molecule has 9 heteroatoms. The summed E-state index contributed by atoms with van der Waals surface area (Å²) in [6, 6.07) is 3.07. The molecule has 2 fully saturated rings. The first-order valence-electron chi connectivity index (χ1n) is 13.0. The number of hydrogen-bond donors (Lipinski definition) is 2. The lowest BCUT2D eigenvalue weighted by atomic mass is 9.76. The summed E-state index contributed by atoms with van der Waals surface area (Å²) < 4.78 is 16.6. The van der Waals surface area contributed by atoms with E-state index in [9.17, 15) is 14.4 Å². The standard InChI is InChI=1S/C27H41N3O6/c1-5-6-10-15-30(26(33)29-27(13-14-27)25(28)32)24(31)22(18-11-8-7-9-12-18)19-16-20(34-2)23(36-4)21(17-19)35-3/h16-18,22H,5-15H2,1-4H3,(H2,28,32)(H,29,33). The predicted molar refractivity (Wildman–Crippen MR) is 136 cm³/mol. The lowest BCUT2D eigenvalue weighted by Crippen LogP contribution is -2.54. The number of carbonyl (C=O) groups is 3. The largest absolute Gasteiger partial charge is 0.493 e. The van der Waals surface area contributed by atoms with E-state index in [2.05, 4.69) is 12.2 Å². The molecule has 0 aromatic heterocycles. The third kappa shape index (κ3) is 6.05. The van der Waals surface area contributed by atoms with Crippen LogP contribution in [0.4, 0.5) is 4.79 Å². The summed E-state index contributed by atoms with van der Waals surface area (Å²) in [5.41, 5.74) is 5.22. The molecule has 2 saturated carbocycles. The van der Waals surface area contributed by atoms with Gasteiger partial charge in [-0.25, -0.2) is 4.79 Å². The van der Waals surface area contributed by atoms with Crippen molar-refractivity contribution in [1.82, 2.24) is 10.2 Å². The second kappa shape index (κ2) is 12.3. The monoisotopic (exact) mass is 503 g/mol. The number of imide groups is 1. The van der Waals surface area contributed by atoms with Gasteiger partial charge in [-0.15, -0.1) is 0 Å². The molecule has 200 valence electrons. The zero-order chi connectivity index (χ0) is 26.3. The van der Waals surface area contributed by atoms with Crippen molar-refractivity contribution in [3.8, 4) is 17.2 Å². The normalized spacial score (nSPS) is 17.6. The van der Waals surface area contributed by atoms with Crippen LogP contribution in [0.2, 0.25) is 0 Å². The molecule has 2 aliphatic carbocycles. The number of nitrogens with one attached hydrogen (secondary N) is 1. The van der Waals surface area contributed by atoms with Crippen LogP contribution in [0.3, 0.4) is 0 Å². The highest BCUT2D eigenvalue weighted by Crippen LogP contribution is 2.44. The number of unbranched alkanes of at least 4 members (excludes halogenated alkanes) is 2. The van der Waals surface area contributed by atoms with Crippen molar-refractivity contribution in [2.24, 2.45) is 11.7 Å². The molecule has 0 saturated heterocycles. The molecule has 1 unspecified atom stereocenters. The highest BCUT2D eigenvalue weighted by atomic mass is 16.5. The van der Waals surface area contributed by atoms with Gasteiger partial charge in [0.05, 0.1) is 27.2 Å². The van der Waals surface area contributed by atoms with Gasteiger partial charge in [0.15, 0.2) is 11.5 Å². The Morgan fingerprint density at radius 3 is 2.11 bits per heavy atom. The van der Waals surface area contributed by atoms with E-state index in [1.54, 1.807) is 14.2 Å². The third-order valence-electron chi connectivity index (χ3n) is 7.50. The number of nitrogens with two attached hydrogens (primary N) is 1. The highest BCUT2D eigenvalue weighted by Gasteiger charge is 2.51. The van der Waals surface area contributed by atoms with E-state index in [1.165, 1.54) is 12.0 Å². The van der Waals surface area contributed by atoms with Crippen LogP contribution in [0.15, 0.2) is 12.1 Å². The summed E-state index contributed by atoms with van der Waals surface area (Å²) in [6.45, 7) is 2.35. The molecule has 0 heterocycles. The number of ether oxygens (including phenoxy) is 3. The van der Waals surface area contributed by atoms with Crippen LogP contribution in [0.25, 0.3) is 0 Å². The van der Waals surface area contributed by atoms with Gasteiger partial charge in [0.2, 0.25) is 17.6 Å². The number of nitrogens with zero attached hydrogens (tertiary/aromatic N) is 1. The van der Waals surface area contributed by atoms with Gasteiger partial charge in [0, 0.05) is 6.54 Å². The lowest BCUT2D eigenvalue weighted by molar-refractivity contribution is -0.132. The molecule has 3 N–H and O–H groups in total. The maximum atomic E-state index is 14.2. The van der Waals surface area contributed by atoms with Crippen molar-refractivity contribution >= 4 is 17.8 Å². The van der Waals surface area contributed by atoms with Crippen LogP contribution in [0, 0.1) is 5.92 Å². The summed E-state index contributed by atoms with van der Waals surface area (Å²) in [5.74, 6) is 0.0569. The van der Waals surface area contributed by atoms with Crippen LogP contribution in [-0.2, 0) is 9.59 Å². The number of amides is 4. The number of benzene rings is 1. The Labute approximate surface area is 214 Å². The molecule has 1 aromatic rings. The smallest absolute Gasteiger partial charge is 0.324 e. The van der Waals surface area contributed by atoms with E-state index in [0.29, 0.717) is 36.5 Å². The predicted octanol–water partition coefficient (Wildman–Crippen LogP) is 4.12. The van der Waals surface area contributed by atoms with Crippen LogP contribution < -0.4 is 25.3 Å². The first-order chi connectivity index (χ1) is 17.3. The molecular formula is C27H41N3O6. The summed E-state index contributed by atoms with van der Waals surface area (Å²) >= 11 is 0. The Morgan fingerprint density at radius 1 is 1.03 bits per heavy atom. The fraction of sp³-hybridized carbons (Fsp3) is 0.667. The number of primary amides is 1. The first kappa shape index (κ1) is 27.6. The summed E-state index contributed by atoms with van der Waals surface area (Å²) in [4.78, 5) is 40.9. The van der Waals surface area contributed by atoms with Gasteiger partial charge in [-0.2, -0.15) is 0 Å². The molecule has 36 heavy (non-hydrogen) atoms. The molecule has 2 aliphatic rings. The first-order valence-corrected chi connectivity index (χ1v) is 13.0. The molecule has 0 bridgehead atoms. The number of carbonyl (C=O) groups excluding carboxylic acids is 3. The Bertz CT molecular complexity index is 914. The molecule has 4 amide bonds. The van der Waals surface area contributed by atoms with Gasteiger partial charge in [0.25, 0.3) is 0 Å². The van der Waals surface area contributed by atoms with E-state index >= 15 is 0 Å². The van der Waals surface area contributed by atoms with Crippen molar-refractivity contribution in [1.29, 1.82) is 0 Å². The molecule has 9 nitrogen and oxygen atoms in total. The fourth-order valence-electron chi connectivity index (χ4n) is 5.19. The second-order valence-corrected chi connectivity index (χ2v) is 9.91. The number of urea groups is 1. The van der Waals surface area contributed by atoms with Gasteiger partial charge in [-0.3, -0.25) is 14.5 Å². The topological polar surface area (TPSA) is 120 Å². The van der Waals surface area contributed by atoms with E-state index in [4.69, 9.17) is 19.9 Å². The van der Waals surface area contributed by atoms with E-state index < -0.39 is 23.4 Å². The number of rotatable bonds is 12. The van der Waals surface area contributed by atoms with Crippen LogP contribution in [-0.4, -0.2) is 56.2 Å². The minimum absolute atomic E-state index is 0.0709. The highest BCUT2D eigenvalue weighted by molar-refractivity contribution is 6.01. The van der Waals surface area contributed by atoms with Crippen molar-refractivity contribution in [3.63, 3.8) is 0 Å². The van der Waals surface area contributed by atoms with Crippen molar-refractivity contribution in [2.75, 3.05) is 27.9 Å². The Balaban J connectivity index is 2.01. The van der Waals surface area contributed by atoms with Gasteiger partial charge in [-0.05, 0) is 55.7 Å². The minimum atomic E-state index is -1.05. The van der Waals surface area contributed by atoms with E-state index in [-0.39, 0.29) is 18.4 Å². The average Bonchev–Trinajstić information content (AvgIpc) is 3.67. The number of hydrogen-bond acceptors (Lipinski definition) is 6. The summed E-state index contributed by atoms with van der Waals surface area (Å²) in [5, 5.41) is 2.77. The molecule has 0 aliphatic heterocycles. The van der Waals surface area contributed by atoms with Gasteiger partial charge < -0.3 is 25.3 Å². The van der Waals surface area contributed by atoms with E-state index in [0.717, 1.165) is 50.5 Å². The summed E-state index contributed by atoms with van der Waals surface area (Å²) in [6.07, 6.45) is 8.49. The Morgan fingerprint density at radius 2 is 1.64 bits per heavy atom. The van der Waals surface area contributed by atoms with Crippen LogP contribution in [0.1, 0.15) is 82.6 Å². The Hall–Kier alpha value is -2.97. The zero-order valence-corrected chi connectivity index (χ0v) is 22.1. The molecular weight excluding hydrogens is 462 g/mol. The zero-order valence-electron chi connectivity index (χ0n) is 22.1.